The monoisotopic (exact) mass is 384 g/mol. The molecule has 0 saturated carbocycles. The molecule has 140 valence electrons. The molecule has 1 heterocycles. The smallest absolute Gasteiger partial charge is 0.229 e. The fourth-order valence-electron chi connectivity index (χ4n) is 2.64. The number of methoxy groups -OCH3 is 2. The van der Waals surface area contributed by atoms with Gasteiger partial charge in [0, 0.05) is 31.9 Å². The lowest BCUT2D eigenvalue weighted by Gasteiger charge is -2.19. The third kappa shape index (κ3) is 4.60. The minimum atomic E-state index is 0.454. The van der Waals surface area contributed by atoms with Crippen molar-refractivity contribution >= 4 is 29.1 Å². The summed E-state index contributed by atoms with van der Waals surface area (Å²) in [5, 5.41) is 3.64. The summed E-state index contributed by atoms with van der Waals surface area (Å²) in [5.74, 6) is 2.37. The predicted molar refractivity (Wildman–Crippen MR) is 108 cm³/mol. The Balaban J connectivity index is 1.82. The quantitative estimate of drug-likeness (QED) is 0.646. The van der Waals surface area contributed by atoms with Gasteiger partial charge in [0.15, 0.2) is 0 Å². The minimum Gasteiger partial charge on any atom is -0.495 e. The van der Waals surface area contributed by atoms with Crippen molar-refractivity contribution in [3.05, 3.63) is 65.3 Å². The van der Waals surface area contributed by atoms with Crippen LogP contribution in [0.5, 0.6) is 11.5 Å². The van der Waals surface area contributed by atoms with Crippen molar-refractivity contribution < 1.29 is 9.47 Å². The van der Waals surface area contributed by atoms with Gasteiger partial charge in [-0.15, -0.1) is 0 Å². The van der Waals surface area contributed by atoms with Crippen LogP contribution in [0.25, 0.3) is 0 Å². The average molecular weight is 385 g/mol. The molecular formula is C20H21ClN4O2. The molecule has 6 nitrogen and oxygen atoms in total. The molecule has 7 heteroatoms. The van der Waals surface area contributed by atoms with Crippen molar-refractivity contribution in [2.45, 2.75) is 6.54 Å². The lowest BCUT2D eigenvalue weighted by molar-refractivity contribution is 0.405. The zero-order valence-electron chi connectivity index (χ0n) is 15.4. The number of aromatic nitrogens is 2. The van der Waals surface area contributed by atoms with Gasteiger partial charge in [-0.3, -0.25) is 0 Å². The van der Waals surface area contributed by atoms with Crippen LogP contribution in [-0.2, 0) is 6.54 Å². The third-order valence-corrected chi connectivity index (χ3v) is 4.31. The number of hydrogen-bond acceptors (Lipinski definition) is 6. The van der Waals surface area contributed by atoms with E-state index in [0.29, 0.717) is 28.2 Å². The number of ether oxygens (including phenoxy) is 2. The molecule has 0 amide bonds. The van der Waals surface area contributed by atoms with E-state index in [1.54, 1.807) is 32.5 Å². The molecule has 2 aromatic carbocycles. The largest absolute Gasteiger partial charge is 0.495 e. The highest BCUT2D eigenvalue weighted by Crippen LogP contribution is 2.36. The second kappa shape index (κ2) is 8.60. The number of nitrogens with one attached hydrogen (secondary N) is 1. The van der Waals surface area contributed by atoms with Crippen molar-refractivity contribution in [2.75, 3.05) is 31.5 Å². The Bertz CT molecular complexity index is 906. The lowest BCUT2D eigenvalue weighted by Crippen LogP contribution is -2.18. The van der Waals surface area contributed by atoms with E-state index in [2.05, 4.69) is 32.3 Å². The Morgan fingerprint density at radius 2 is 1.78 bits per heavy atom. The summed E-state index contributed by atoms with van der Waals surface area (Å²) in [6.07, 6.45) is 1.71. The number of anilines is 3. The second-order valence-electron chi connectivity index (χ2n) is 5.89. The Morgan fingerprint density at radius 1 is 1.04 bits per heavy atom. The highest BCUT2D eigenvalue weighted by Gasteiger charge is 2.12. The molecule has 0 radical (unpaired) electrons. The molecule has 0 aliphatic carbocycles. The minimum absolute atomic E-state index is 0.454. The van der Waals surface area contributed by atoms with Gasteiger partial charge in [-0.05, 0) is 11.6 Å². The van der Waals surface area contributed by atoms with Crippen molar-refractivity contribution in [1.29, 1.82) is 0 Å². The van der Waals surface area contributed by atoms with Crippen LogP contribution >= 0.6 is 11.6 Å². The van der Waals surface area contributed by atoms with Crippen LogP contribution in [0.1, 0.15) is 5.56 Å². The Labute approximate surface area is 163 Å². The van der Waals surface area contributed by atoms with E-state index >= 15 is 0 Å². The number of hydrogen-bond donors (Lipinski definition) is 1. The van der Waals surface area contributed by atoms with Crippen LogP contribution < -0.4 is 19.7 Å². The molecule has 1 N–H and O–H groups in total. The summed E-state index contributed by atoms with van der Waals surface area (Å²) in [5.41, 5.74) is 1.87. The highest BCUT2D eigenvalue weighted by molar-refractivity contribution is 6.32. The zero-order valence-corrected chi connectivity index (χ0v) is 16.2. The first kappa shape index (κ1) is 18.8. The number of rotatable bonds is 7. The van der Waals surface area contributed by atoms with Crippen LogP contribution in [0.15, 0.2) is 54.7 Å². The molecule has 27 heavy (non-hydrogen) atoms. The molecule has 0 fully saturated rings. The maximum absolute atomic E-state index is 6.16. The zero-order chi connectivity index (χ0) is 19.2. The average Bonchev–Trinajstić information content (AvgIpc) is 2.70. The molecule has 0 aliphatic rings. The van der Waals surface area contributed by atoms with Gasteiger partial charge in [-0.1, -0.05) is 41.9 Å². The Hall–Kier alpha value is -2.99. The molecule has 0 saturated heterocycles. The fraction of sp³-hybridized carbons (Fsp3) is 0.200. The van der Waals surface area contributed by atoms with Crippen molar-refractivity contribution in [1.82, 2.24) is 9.97 Å². The first-order valence-corrected chi connectivity index (χ1v) is 8.75. The standard InChI is InChI=1S/C20H21ClN4O2/c1-25(13-14-7-5-4-6-8-14)19-9-10-22-20(24-19)23-16-12-17(26-2)15(21)11-18(16)27-3/h4-12H,13H2,1-3H3,(H,22,23,24). The van der Waals surface area contributed by atoms with Crippen molar-refractivity contribution in [3.8, 4) is 11.5 Å². The molecule has 3 aromatic rings. The predicted octanol–water partition coefficient (Wildman–Crippen LogP) is 4.53. The fourth-order valence-corrected chi connectivity index (χ4v) is 2.87. The Morgan fingerprint density at radius 3 is 2.48 bits per heavy atom. The van der Waals surface area contributed by atoms with Gasteiger partial charge in [0.25, 0.3) is 0 Å². The molecule has 0 aliphatic heterocycles. The first-order valence-electron chi connectivity index (χ1n) is 8.37. The third-order valence-electron chi connectivity index (χ3n) is 4.01. The number of nitrogens with zero attached hydrogens (tertiary/aromatic N) is 3. The van der Waals surface area contributed by atoms with E-state index in [1.165, 1.54) is 5.56 Å². The summed E-state index contributed by atoms with van der Waals surface area (Å²) >= 11 is 6.16. The first-order chi connectivity index (χ1) is 13.1. The van der Waals surface area contributed by atoms with Crippen LogP contribution in [0, 0.1) is 0 Å². The highest BCUT2D eigenvalue weighted by atomic mass is 35.5. The molecule has 0 spiro atoms. The van der Waals surface area contributed by atoms with Crippen LogP contribution in [0.2, 0.25) is 5.02 Å². The maximum Gasteiger partial charge on any atom is 0.229 e. The van der Waals surface area contributed by atoms with Crippen LogP contribution in [0.3, 0.4) is 0 Å². The van der Waals surface area contributed by atoms with E-state index in [1.807, 2.05) is 31.3 Å². The molecular weight excluding hydrogens is 364 g/mol. The van der Waals surface area contributed by atoms with E-state index in [0.717, 1.165) is 12.4 Å². The number of halogens is 1. The summed E-state index contributed by atoms with van der Waals surface area (Å²) in [6, 6.07) is 15.5. The van der Waals surface area contributed by atoms with E-state index in [4.69, 9.17) is 21.1 Å². The van der Waals surface area contributed by atoms with Crippen LogP contribution in [0.4, 0.5) is 17.5 Å². The van der Waals surface area contributed by atoms with E-state index in [-0.39, 0.29) is 0 Å². The SMILES string of the molecule is COc1cc(Nc2nccc(N(C)Cc3ccccc3)n2)c(OC)cc1Cl. The lowest BCUT2D eigenvalue weighted by atomic mass is 10.2. The van der Waals surface area contributed by atoms with Gasteiger partial charge in [-0.2, -0.15) is 4.98 Å². The normalized spacial score (nSPS) is 10.4. The van der Waals surface area contributed by atoms with Crippen LogP contribution in [-0.4, -0.2) is 31.2 Å². The summed E-state index contributed by atoms with van der Waals surface area (Å²) in [4.78, 5) is 10.9. The van der Waals surface area contributed by atoms with Gasteiger partial charge < -0.3 is 19.7 Å². The molecule has 0 atom stereocenters. The summed E-state index contributed by atoms with van der Waals surface area (Å²) in [7, 11) is 5.13. The van der Waals surface area contributed by atoms with Crippen molar-refractivity contribution in [3.63, 3.8) is 0 Å². The second-order valence-corrected chi connectivity index (χ2v) is 6.30. The van der Waals surface area contributed by atoms with Gasteiger partial charge in [0.05, 0.1) is 24.9 Å². The van der Waals surface area contributed by atoms with Gasteiger partial charge in [0.1, 0.15) is 17.3 Å². The Kier molecular flexibility index (Phi) is 5.98. The topological polar surface area (TPSA) is 59.5 Å². The van der Waals surface area contributed by atoms with E-state index < -0.39 is 0 Å². The molecule has 0 bridgehead atoms. The molecule has 1 aromatic heterocycles. The molecule has 0 unspecified atom stereocenters. The van der Waals surface area contributed by atoms with Gasteiger partial charge >= 0.3 is 0 Å². The van der Waals surface area contributed by atoms with Crippen molar-refractivity contribution in [2.24, 2.45) is 0 Å². The number of benzene rings is 2. The molecule has 3 rings (SSSR count). The maximum atomic E-state index is 6.16. The summed E-state index contributed by atoms with van der Waals surface area (Å²) in [6.45, 7) is 0.745. The van der Waals surface area contributed by atoms with Gasteiger partial charge in [-0.25, -0.2) is 4.98 Å². The van der Waals surface area contributed by atoms with E-state index in [9.17, 15) is 0 Å². The summed E-state index contributed by atoms with van der Waals surface area (Å²) < 4.78 is 10.7. The van der Waals surface area contributed by atoms with Gasteiger partial charge in [0.2, 0.25) is 5.95 Å².